The molecule has 3 rings (SSSR count). The summed E-state index contributed by atoms with van der Waals surface area (Å²) >= 11 is 3.31. The number of hydrogen-bond acceptors (Lipinski definition) is 6. The number of nitrogens with zero attached hydrogens (tertiary/aromatic N) is 2. The lowest BCUT2D eigenvalue weighted by atomic mass is 10.2. The summed E-state index contributed by atoms with van der Waals surface area (Å²) in [5, 5.41) is 3.96. The molecular formula is C25H26BrN3O5S. The lowest BCUT2D eigenvalue weighted by molar-refractivity contribution is -0.119. The number of nitrogens with one attached hydrogen (secondary N) is 1. The molecule has 0 aliphatic heterocycles. The lowest BCUT2D eigenvalue weighted by Gasteiger charge is -2.21. The maximum absolute atomic E-state index is 12.4. The van der Waals surface area contributed by atoms with E-state index in [2.05, 4.69) is 26.5 Å². The van der Waals surface area contributed by atoms with Crippen molar-refractivity contribution in [1.29, 1.82) is 0 Å². The van der Waals surface area contributed by atoms with Crippen LogP contribution in [0, 0.1) is 0 Å². The molecule has 3 aromatic rings. The monoisotopic (exact) mass is 559 g/mol. The molecule has 35 heavy (non-hydrogen) atoms. The van der Waals surface area contributed by atoms with Crippen molar-refractivity contribution < 1.29 is 22.7 Å². The molecule has 1 amide bonds. The number of anilines is 1. The third-order valence-electron chi connectivity index (χ3n) is 4.69. The zero-order chi connectivity index (χ0) is 25.3. The van der Waals surface area contributed by atoms with Crippen LogP contribution >= 0.6 is 15.9 Å². The van der Waals surface area contributed by atoms with Gasteiger partial charge in [-0.3, -0.25) is 9.10 Å². The molecule has 0 saturated heterocycles. The molecule has 0 aromatic heterocycles. The Morgan fingerprint density at radius 2 is 1.80 bits per heavy atom. The molecule has 3 aromatic carbocycles. The third kappa shape index (κ3) is 8.11. The van der Waals surface area contributed by atoms with Gasteiger partial charge in [0.15, 0.2) is 11.5 Å². The van der Waals surface area contributed by atoms with E-state index in [1.54, 1.807) is 42.5 Å². The lowest BCUT2D eigenvalue weighted by Crippen LogP contribution is -2.39. The van der Waals surface area contributed by atoms with E-state index in [-0.39, 0.29) is 0 Å². The predicted octanol–water partition coefficient (Wildman–Crippen LogP) is 4.34. The zero-order valence-corrected chi connectivity index (χ0v) is 21.8. The van der Waals surface area contributed by atoms with E-state index in [1.807, 2.05) is 37.3 Å². The Kier molecular flexibility index (Phi) is 9.27. The molecular weight excluding hydrogens is 534 g/mol. The summed E-state index contributed by atoms with van der Waals surface area (Å²) in [5.41, 5.74) is 4.45. The Morgan fingerprint density at radius 1 is 1.03 bits per heavy atom. The second kappa shape index (κ2) is 12.4. The van der Waals surface area contributed by atoms with Crippen LogP contribution in [0.5, 0.6) is 11.5 Å². The van der Waals surface area contributed by atoms with Gasteiger partial charge in [-0.15, -0.1) is 0 Å². The van der Waals surface area contributed by atoms with Gasteiger partial charge in [0, 0.05) is 4.47 Å². The van der Waals surface area contributed by atoms with Gasteiger partial charge in [0.25, 0.3) is 5.91 Å². The van der Waals surface area contributed by atoms with E-state index < -0.39 is 22.5 Å². The van der Waals surface area contributed by atoms with E-state index in [0.29, 0.717) is 40.4 Å². The summed E-state index contributed by atoms with van der Waals surface area (Å²) in [4.78, 5) is 12.4. The minimum absolute atomic E-state index is 0.369. The predicted molar refractivity (Wildman–Crippen MR) is 140 cm³/mol. The van der Waals surface area contributed by atoms with Crippen LogP contribution in [-0.2, 0) is 21.4 Å². The molecule has 0 fully saturated rings. The highest BCUT2D eigenvalue weighted by molar-refractivity contribution is 9.10. The van der Waals surface area contributed by atoms with Crippen LogP contribution in [-0.4, -0.2) is 39.9 Å². The Morgan fingerprint density at radius 3 is 2.49 bits per heavy atom. The number of hydrogen-bond donors (Lipinski definition) is 1. The molecule has 0 unspecified atom stereocenters. The number of halogens is 1. The van der Waals surface area contributed by atoms with Crippen molar-refractivity contribution in [2.45, 2.75) is 13.5 Å². The quantitative estimate of drug-likeness (QED) is 0.278. The Balaban J connectivity index is 1.65. The number of hydrazone groups is 1. The fourth-order valence-electron chi connectivity index (χ4n) is 3.10. The summed E-state index contributed by atoms with van der Waals surface area (Å²) in [6.07, 6.45) is 2.49. The molecule has 8 nitrogen and oxygen atoms in total. The van der Waals surface area contributed by atoms with Crippen LogP contribution in [0.2, 0.25) is 0 Å². The van der Waals surface area contributed by atoms with Gasteiger partial charge in [-0.2, -0.15) is 5.10 Å². The Labute approximate surface area is 213 Å². The highest BCUT2D eigenvalue weighted by Gasteiger charge is 2.20. The van der Waals surface area contributed by atoms with Gasteiger partial charge in [-0.05, 0) is 54.4 Å². The van der Waals surface area contributed by atoms with Crippen molar-refractivity contribution in [2.24, 2.45) is 5.10 Å². The molecule has 0 aliphatic carbocycles. The first kappa shape index (κ1) is 26.2. The average molecular weight is 560 g/mol. The summed E-state index contributed by atoms with van der Waals surface area (Å²) in [6, 6.07) is 21.8. The van der Waals surface area contributed by atoms with Crippen LogP contribution in [0.1, 0.15) is 18.1 Å². The van der Waals surface area contributed by atoms with Crippen molar-refractivity contribution in [2.75, 3.05) is 23.7 Å². The third-order valence-corrected chi connectivity index (χ3v) is 6.33. The van der Waals surface area contributed by atoms with E-state index >= 15 is 0 Å². The van der Waals surface area contributed by atoms with E-state index in [9.17, 15) is 13.2 Å². The summed E-state index contributed by atoms with van der Waals surface area (Å²) < 4.78 is 37.7. The van der Waals surface area contributed by atoms with Crippen LogP contribution in [0.3, 0.4) is 0 Å². The van der Waals surface area contributed by atoms with Crippen LogP contribution in [0.25, 0.3) is 0 Å². The smallest absolute Gasteiger partial charge is 0.260 e. The van der Waals surface area contributed by atoms with Crippen molar-refractivity contribution in [3.63, 3.8) is 0 Å². The molecule has 1 N–H and O–H groups in total. The average Bonchev–Trinajstić information content (AvgIpc) is 2.82. The molecule has 0 spiro atoms. The maximum atomic E-state index is 12.4. The van der Waals surface area contributed by atoms with Crippen molar-refractivity contribution in [3.05, 3.63) is 88.4 Å². The largest absolute Gasteiger partial charge is 0.490 e. The molecule has 0 atom stereocenters. The van der Waals surface area contributed by atoms with Crippen molar-refractivity contribution in [1.82, 2.24) is 5.43 Å². The minimum atomic E-state index is -3.68. The number of benzene rings is 3. The van der Waals surface area contributed by atoms with Gasteiger partial charge in [0.05, 0.1) is 24.8 Å². The molecule has 0 heterocycles. The molecule has 10 heteroatoms. The van der Waals surface area contributed by atoms with Crippen molar-refractivity contribution in [3.8, 4) is 11.5 Å². The molecule has 184 valence electrons. The number of sulfonamides is 1. The van der Waals surface area contributed by atoms with Crippen molar-refractivity contribution >= 4 is 43.8 Å². The van der Waals surface area contributed by atoms with Gasteiger partial charge >= 0.3 is 0 Å². The van der Waals surface area contributed by atoms with Gasteiger partial charge in [-0.25, -0.2) is 13.8 Å². The topological polar surface area (TPSA) is 97.3 Å². The maximum Gasteiger partial charge on any atom is 0.260 e. The molecule has 0 bridgehead atoms. The molecule has 0 saturated carbocycles. The highest BCUT2D eigenvalue weighted by atomic mass is 79.9. The zero-order valence-electron chi connectivity index (χ0n) is 19.3. The van der Waals surface area contributed by atoms with Gasteiger partial charge < -0.3 is 9.47 Å². The molecule has 0 aliphatic rings. The normalized spacial score (nSPS) is 11.3. The second-order valence-electron chi connectivity index (χ2n) is 7.46. The first-order valence-electron chi connectivity index (χ1n) is 10.7. The number of carbonyl (C=O) groups is 1. The first-order valence-corrected chi connectivity index (χ1v) is 13.4. The number of ether oxygens (including phenoxy) is 2. The molecule has 0 radical (unpaired) electrons. The van der Waals surface area contributed by atoms with Gasteiger partial charge in [-0.1, -0.05) is 52.3 Å². The standard InChI is InChI=1S/C25H26BrN3O5S/c1-3-33-24-14-20(12-13-23(24)34-18-19-8-5-4-6-9-19)16-27-28-25(30)17-29(35(2,31)32)22-11-7-10-21(26)15-22/h4-16H,3,17-18H2,1-2H3,(H,28,30)/b27-16-. The SMILES string of the molecule is CCOc1cc(/C=N\NC(=O)CN(c2cccc(Br)c2)S(C)(=O)=O)ccc1OCc1ccccc1. The van der Waals surface area contributed by atoms with Crippen LogP contribution in [0.4, 0.5) is 5.69 Å². The van der Waals surface area contributed by atoms with E-state index in [1.165, 1.54) is 6.21 Å². The van der Waals surface area contributed by atoms with Crippen LogP contribution < -0.4 is 19.2 Å². The first-order chi connectivity index (χ1) is 16.8. The van der Waals surface area contributed by atoms with Crippen LogP contribution in [0.15, 0.2) is 82.4 Å². The summed E-state index contributed by atoms with van der Waals surface area (Å²) in [5.74, 6) is 0.561. The number of carbonyl (C=O) groups excluding carboxylic acids is 1. The second-order valence-corrected chi connectivity index (χ2v) is 10.3. The fraction of sp³-hybridized carbons (Fsp3) is 0.200. The highest BCUT2D eigenvalue weighted by Crippen LogP contribution is 2.29. The summed E-state index contributed by atoms with van der Waals surface area (Å²) in [7, 11) is -3.68. The van der Waals surface area contributed by atoms with Gasteiger partial charge in [0.2, 0.25) is 10.0 Å². The number of amides is 1. The van der Waals surface area contributed by atoms with E-state index in [4.69, 9.17) is 9.47 Å². The Hall–Kier alpha value is -3.37. The Bertz CT molecular complexity index is 1280. The van der Waals surface area contributed by atoms with E-state index in [0.717, 1.165) is 16.1 Å². The summed E-state index contributed by atoms with van der Waals surface area (Å²) in [6.45, 7) is 2.32. The van der Waals surface area contributed by atoms with Gasteiger partial charge in [0.1, 0.15) is 13.2 Å². The minimum Gasteiger partial charge on any atom is -0.490 e. The fourth-order valence-corrected chi connectivity index (χ4v) is 4.34. The number of rotatable bonds is 11.